The van der Waals surface area contributed by atoms with Crippen molar-refractivity contribution < 1.29 is 9.32 Å². The summed E-state index contributed by atoms with van der Waals surface area (Å²) in [4.78, 5) is 18.5. The molecule has 0 radical (unpaired) electrons. The Morgan fingerprint density at radius 1 is 1.36 bits per heavy atom. The summed E-state index contributed by atoms with van der Waals surface area (Å²) in [6, 6.07) is 7.38. The molecule has 3 aromatic rings. The lowest BCUT2D eigenvalue weighted by atomic mass is 10.2. The molecule has 8 heteroatoms. The number of rotatable bonds is 6. The maximum Gasteiger partial charge on any atom is 0.251 e. The zero-order valence-electron chi connectivity index (χ0n) is 14.4. The van der Waals surface area contributed by atoms with Crippen LogP contribution >= 0.6 is 0 Å². The topological polar surface area (TPSA) is 89.1 Å². The summed E-state index contributed by atoms with van der Waals surface area (Å²) < 4.78 is 6.97. The molecule has 0 saturated heterocycles. The van der Waals surface area contributed by atoms with Crippen LogP contribution in [0.1, 0.15) is 23.2 Å². The molecular weight excluding hydrogens is 320 g/mol. The first-order chi connectivity index (χ1) is 12.1. The molecule has 0 bridgehead atoms. The molecule has 0 unspecified atom stereocenters. The van der Waals surface area contributed by atoms with Crippen LogP contribution in [0.15, 0.2) is 41.2 Å². The van der Waals surface area contributed by atoms with Gasteiger partial charge in [0.2, 0.25) is 11.7 Å². The fourth-order valence-electron chi connectivity index (χ4n) is 2.28. The van der Waals surface area contributed by atoms with Crippen molar-refractivity contribution in [3.63, 3.8) is 0 Å². The lowest BCUT2D eigenvalue weighted by Crippen LogP contribution is -2.23. The van der Waals surface area contributed by atoms with Crippen molar-refractivity contribution in [3.8, 4) is 11.4 Å². The van der Waals surface area contributed by atoms with E-state index >= 15 is 0 Å². The first kappa shape index (κ1) is 16.7. The Bertz CT molecular complexity index is 867. The summed E-state index contributed by atoms with van der Waals surface area (Å²) in [5, 5.41) is 10.9. The molecular formula is C17H20N6O2. The van der Waals surface area contributed by atoms with Gasteiger partial charge in [0.15, 0.2) is 0 Å². The summed E-state index contributed by atoms with van der Waals surface area (Å²) >= 11 is 0. The molecule has 1 amide bonds. The van der Waals surface area contributed by atoms with Gasteiger partial charge in [0.1, 0.15) is 0 Å². The van der Waals surface area contributed by atoms with Crippen LogP contribution in [0.5, 0.6) is 0 Å². The maximum absolute atomic E-state index is 12.3. The molecule has 0 aliphatic carbocycles. The van der Waals surface area contributed by atoms with E-state index in [0.717, 1.165) is 17.8 Å². The van der Waals surface area contributed by atoms with Gasteiger partial charge < -0.3 is 14.7 Å². The fourth-order valence-corrected chi connectivity index (χ4v) is 2.28. The van der Waals surface area contributed by atoms with Gasteiger partial charge in [0.25, 0.3) is 5.91 Å². The van der Waals surface area contributed by atoms with Gasteiger partial charge in [-0.3, -0.25) is 9.48 Å². The first-order valence-corrected chi connectivity index (χ1v) is 7.98. The Balaban J connectivity index is 1.64. The largest absolute Gasteiger partial charge is 0.378 e. The second-order valence-corrected chi connectivity index (χ2v) is 5.72. The van der Waals surface area contributed by atoms with Crippen LogP contribution in [0.4, 0.5) is 5.69 Å². The van der Waals surface area contributed by atoms with Crippen LogP contribution in [0.25, 0.3) is 11.4 Å². The summed E-state index contributed by atoms with van der Waals surface area (Å²) in [7, 11) is 3.86. The van der Waals surface area contributed by atoms with E-state index in [2.05, 4.69) is 20.6 Å². The highest BCUT2D eigenvalue weighted by Crippen LogP contribution is 2.15. The van der Waals surface area contributed by atoms with Crippen molar-refractivity contribution in [3.05, 3.63) is 48.1 Å². The Hall–Kier alpha value is -3.16. The van der Waals surface area contributed by atoms with Gasteiger partial charge in [0, 0.05) is 38.1 Å². The maximum atomic E-state index is 12.3. The van der Waals surface area contributed by atoms with Crippen molar-refractivity contribution in [2.75, 3.05) is 19.0 Å². The lowest BCUT2D eigenvalue weighted by Gasteiger charge is -2.13. The quantitative estimate of drug-likeness (QED) is 0.738. The van der Waals surface area contributed by atoms with Crippen LogP contribution in [0.2, 0.25) is 0 Å². The van der Waals surface area contributed by atoms with E-state index in [1.165, 1.54) is 0 Å². The molecule has 3 rings (SSSR count). The van der Waals surface area contributed by atoms with E-state index in [1.54, 1.807) is 16.9 Å². The summed E-state index contributed by atoms with van der Waals surface area (Å²) in [6.45, 7) is 2.94. The number of aromatic nitrogens is 4. The number of aryl methyl sites for hydroxylation is 1. The Labute approximate surface area is 145 Å². The second kappa shape index (κ2) is 7.16. The van der Waals surface area contributed by atoms with Gasteiger partial charge in [-0.1, -0.05) is 11.2 Å². The zero-order chi connectivity index (χ0) is 17.8. The van der Waals surface area contributed by atoms with Gasteiger partial charge in [0.05, 0.1) is 18.3 Å². The molecule has 25 heavy (non-hydrogen) atoms. The summed E-state index contributed by atoms with van der Waals surface area (Å²) in [5.41, 5.74) is 2.32. The molecule has 0 aliphatic heterocycles. The van der Waals surface area contributed by atoms with Gasteiger partial charge in [-0.25, -0.2) is 0 Å². The molecule has 0 atom stereocenters. The number of anilines is 1. The minimum atomic E-state index is -0.192. The third-order valence-corrected chi connectivity index (χ3v) is 3.71. The van der Waals surface area contributed by atoms with Crippen molar-refractivity contribution in [1.82, 2.24) is 25.2 Å². The molecule has 8 nitrogen and oxygen atoms in total. The number of carbonyl (C=O) groups is 1. The number of carbonyl (C=O) groups excluding carboxylic acids is 1. The molecule has 1 aromatic carbocycles. The average molecular weight is 340 g/mol. The minimum absolute atomic E-state index is 0.167. The predicted molar refractivity (Wildman–Crippen MR) is 93.1 cm³/mol. The number of benzene rings is 1. The molecule has 130 valence electrons. The number of nitrogens with one attached hydrogen (secondary N) is 1. The Morgan fingerprint density at radius 2 is 2.20 bits per heavy atom. The summed E-state index contributed by atoms with van der Waals surface area (Å²) in [6.07, 6.45) is 3.53. The monoisotopic (exact) mass is 340 g/mol. The SMILES string of the molecule is CCn1cc(-c2noc(CNC(=O)c3cccc(N(C)C)c3)n2)cn1. The molecule has 2 heterocycles. The minimum Gasteiger partial charge on any atom is -0.378 e. The third-order valence-electron chi connectivity index (χ3n) is 3.71. The van der Waals surface area contributed by atoms with E-state index in [4.69, 9.17) is 4.52 Å². The Kier molecular flexibility index (Phi) is 4.78. The van der Waals surface area contributed by atoms with Crippen LogP contribution in [0, 0.1) is 0 Å². The van der Waals surface area contributed by atoms with Gasteiger partial charge in [-0.05, 0) is 25.1 Å². The standard InChI is InChI=1S/C17H20N6O2/c1-4-23-11-13(9-19-23)16-20-15(25-21-16)10-18-17(24)12-6-5-7-14(8-12)22(2)3/h5-9,11H,4,10H2,1-3H3,(H,18,24). The highest BCUT2D eigenvalue weighted by molar-refractivity contribution is 5.95. The van der Waals surface area contributed by atoms with Crippen molar-refractivity contribution >= 4 is 11.6 Å². The highest BCUT2D eigenvalue weighted by Gasteiger charge is 2.12. The van der Waals surface area contributed by atoms with Crippen LogP contribution in [-0.4, -0.2) is 39.9 Å². The van der Waals surface area contributed by atoms with Gasteiger partial charge in [-0.15, -0.1) is 0 Å². The average Bonchev–Trinajstić information content (AvgIpc) is 3.28. The number of hydrogen-bond donors (Lipinski definition) is 1. The van der Waals surface area contributed by atoms with Crippen molar-refractivity contribution in [1.29, 1.82) is 0 Å². The molecule has 0 saturated carbocycles. The first-order valence-electron chi connectivity index (χ1n) is 7.98. The molecule has 0 spiro atoms. The third kappa shape index (κ3) is 3.85. The van der Waals surface area contributed by atoms with Crippen LogP contribution in [-0.2, 0) is 13.1 Å². The zero-order valence-corrected chi connectivity index (χ0v) is 14.4. The van der Waals surface area contributed by atoms with Crippen LogP contribution < -0.4 is 10.2 Å². The van der Waals surface area contributed by atoms with Crippen molar-refractivity contribution in [2.24, 2.45) is 0 Å². The van der Waals surface area contributed by atoms with E-state index < -0.39 is 0 Å². The molecule has 0 aliphatic rings. The number of nitrogens with zero attached hydrogens (tertiary/aromatic N) is 5. The highest BCUT2D eigenvalue weighted by atomic mass is 16.5. The normalized spacial score (nSPS) is 10.7. The van der Waals surface area contributed by atoms with Gasteiger partial charge in [-0.2, -0.15) is 10.1 Å². The Morgan fingerprint density at radius 3 is 2.92 bits per heavy atom. The van der Waals surface area contributed by atoms with E-state index in [-0.39, 0.29) is 12.5 Å². The molecule has 1 N–H and O–H groups in total. The lowest BCUT2D eigenvalue weighted by molar-refractivity contribution is 0.0946. The van der Waals surface area contributed by atoms with E-state index in [9.17, 15) is 4.79 Å². The second-order valence-electron chi connectivity index (χ2n) is 5.72. The number of amides is 1. The predicted octanol–water partition coefficient (Wildman–Crippen LogP) is 1.95. The number of hydrogen-bond acceptors (Lipinski definition) is 6. The smallest absolute Gasteiger partial charge is 0.251 e. The van der Waals surface area contributed by atoms with Crippen LogP contribution in [0.3, 0.4) is 0 Å². The summed E-state index contributed by atoms with van der Waals surface area (Å²) in [5.74, 6) is 0.608. The fraction of sp³-hybridized carbons (Fsp3) is 0.294. The van der Waals surface area contributed by atoms with Crippen molar-refractivity contribution in [2.45, 2.75) is 20.0 Å². The van der Waals surface area contributed by atoms with Gasteiger partial charge >= 0.3 is 0 Å². The molecule has 0 fully saturated rings. The molecule has 2 aromatic heterocycles. The van der Waals surface area contributed by atoms with E-state index in [1.807, 2.05) is 50.3 Å². The van der Waals surface area contributed by atoms with E-state index in [0.29, 0.717) is 17.3 Å².